The predicted octanol–water partition coefficient (Wildman–Crippen LogP) is 3.15. The largest absolute Gasteiger partial charge is 0.481 e. The van der Waals surface area contributed by atoms with Crippen LogP contribution in [-0.4, -0.2) is 17.2 Å². The molecular weight excluding hydrogens is 312 g/mol. The highest BCUT2D eigenvalue weighted by molar-refractivity contribution is 9.10. The first kappa shape index (κ1) is 13.6. The van der Waals surface area contributed by atoms with Crippen LogP contribution in [0.5, 0.6) is 5.75 Å². The van der Waals surface area contributed by atoms with Crippen LogP contribution in [0.4, 0.5) is 5.82 Å². The molecule has 2 rings (SSSR count). The van der Waals surface area contributed by atoms with Gasteiger partial charge in [-0.25, -0.2) is 0 Å². The second kappa shape index (κ2) is 5.88. The Kier molecular flexibility index (Phi) is 4.21. The maximum absolute atomic E-state index is 11.9. The van der Waals surface area contributed by atoms with E-state index in [-0.39, 0.29) is 5.91 Å². The van der Waals surface area contributed by atoms with Crippen LogP contribution in [0.3, 0.4) is 0 Å². The molecule has 100 valence electrons. The van der Waals surface area contributed by atoms with Crippen LogP contribution in [0.15, 0.2) is 39.3 Å². The number of anilines is 1. The third-order valence-corrected chi connectivity index (χ3v) is 2.90. The molecule has 5 nitrogen and oxygen atoms in total. The summed E-state index contributed by atoms with van der Waals surface area (Å²) in [7, 11) is 0. The number of hydrogen-bond donors (Lipinski definition) is 1. The number of carbonyl (C=O) groups is 1. The van der Waals surface area contributed by atoms with E-state index in [1.165, 1.54) is 0 Å². The molecule has 1 heterocycles. The average Bonchev–Trinajstić information content (AvgIpc) is 2.77. The minimum absolute atomic E-state index is 0.281. The average molecular weight is 325 g/mol. The predicted molar refractivity (Wildman–Crippen MR) is 74.1 cm³/mol. The third kappa shape index (κ3) is 3.82. The molecule has 0 aliphatic carbocycles. The lowest BCUT2D eigenvalue weighted by molar-refractivity contribution is -0.122. The Hall–Kier alpha value is -1.82. The van der Waals surface area contributed by atoms with E-state index in [1.54, 1.807) is 32.0 Å². The van der Waals surface area contributed by atoms with Crippen molar-refractivity contribution in [1.82, 2.24) is 5.16 Å². The molecule has 0 aliphatic rings. The van der Waals surface area contributed by atoms with Crippen LogP contribution in [0, 0.1) is 6.92 Å². The number of rotatable bonds is 4. The summed E-state index contributed by atoms with van der Waals surface area (Å²) in [6.07, 6.45) is -0.627. The standard InChI is InChI=1S/C13H13BrN2O3/c1-8-7-12(16-19-8)15-13(17)9(2)18-11-5-3-10(14)4-6-11/h3-7,9H,1-2H3,(H,15,16,17). The monoisotopic (exact) mass is 324 g/mol. The van der Waals surface area contributed by atoms with Gasteiger partial charge in [0, 0.05) is 10.5 Å². The maximum Gasteiger partial charge on any atom is 0.266 e. The fraction of sp³-hybridized carbons (Fsp3) is 0.231. The van der Waals surface area contributed by atoms with Gasteiger partial charge in [-0.2, -0.15) is 0 Å². The van der Waals surface area contributed by atoms with Crippen LogP contribution in [0.1, 0.15) is 12.7 Å². The van der Waals surface area contributed by atoms with Gasteiger partial charge < -0.3 is 14.6 Å². The summed E-state index contributed by atoms with van der Waals surface area (Å²) >= 11 is 3.33. The molecule has 0 bridgehead atoms. The highest BCUT2D eigenvalue weighted by Gasteiger charge is 2.16. The second-order valence-corrected chi connectivity index (χ2v) is 4.94. The van der Waals surface area contributed by atoms with E-state index in [2.05, 4.69) is 26.4 Å². The third-order valence-electron chi connectivity index (χ3n) is 2.37. The number of nitrogens with zero attached hydrogens (tertiary/aromatic N) is 1. The molecule has 19 heavy (non-hydrogen) atoms. The number of aromatic nitrogens is 1. The minimum atomic E-state index is -0.627. The van der Waals surface area contributed by atoms with Crippen molar-refractivity contribution in [3.8, 4) is 5.75 Å². The molecular formula is C13H13BrN2O3. The van der Waals surface area contributed by atoms with E-state index >= 15 is 0 Å². The van der Waals surface area contributed by atoms with E-state index in [4.69, 9.17) is 9.26 Å². The van der Waals surface area contributed by atoms with Crippen molar-refractivity contribution in [2.45, 2.75) is 20.0 Å². The van der Waals surface area contributed by atoms with E-state index in [9.17, 15) is 4.79 Å². The molecule has 0 saturated carbocycles. The van der Waals surface area contributed by atoms with Crippen molar-refractivity contribution in [2.75, 3.05) is 5.32 Å². The summed E-state index contributed by atoms with van der Waals surface area (Å²) in [6, 6.07) is 8.91. The van der Waals surface area contributed by atoms with Gasteiger partial charge in [-0.3, -0.25) is 4.79 Å². The van der Waals surface area contributed by atoms with Gasteiger partial charge in [0.1, 0.15) is 11.5 Å². The van der Waals surface area contributed by atoms with E-state index < -0.39 is 6.10 Å². The smallest absolute Gasteiger partial charge is 0.266 e. The van der Waals surface area contributed by atoms with E-state index in [0.717, 1.165) is 4.47 Å². The number of halogens is 1. The lowest BCUT2D eigenvalue weighted by Crippen LogP contribution is -2.30. The van der Waals surface area contributed by atoms with E-state index in [0.29, 0.717) is 17.3 Å². The number of carbonyl (C=O) groups excluding carboxylic acids is 1. The first-order chi connectivity index (χ1) is 9.04. The van der Waals surface area contributed by atoms with Crippen LogP contribution >= 0.6 is 15.9 Å². The topological polar surface area (TPSA) is 64.4 Å². The zero-order valence-corrected chi connectivity index (χ0v) is 12.1. The van der Waals surface area contributed by atoms with Gasteiger partial charge in [0.05, 0.1) is 0 Å². The molecule has 0 fully saturated rings. The van der Waals surface area contributed by atoms with Gasteiger partial charge in [0.2, 0.25) is 0 Å². The maximum atomic E-state index is 11.9. The van der Waals surface area contributed by atoms with Crippen LogP contribution in [0.2, 0.25) is 0 Å². The quantitative estimate of drug-likeness (QED) is 0.938. The van der Waals surface area contributed by atoms with Gasteiger partial charge in [-0.05, 0) is 38.1 Å². The molecule has 2 aromatic rings. The van der Waals surface area contributed by atoms with Crippen molar-refractivity contribution in [3.63, 3.8) is 0 Å². The van der Waals surface area contributed by atoms with Crippen LogP contribution in [0.25, 0.3) is 0 Å². The summed E-state index contributed by atoms with van der Waals surface area (Å²) in [4.78, 5) is 11.9. The molecule has 0 spiro atoms. The highest BCUT2D eigenvalue weighted by Crippen LogP contribution is 2.17. The highest BCUT2D eigenvalue weighted by atomic mass is 79.9. The second-order valence-electron chi connectivity index (χ2n) is 4.03. The summed E-state index contributed by atoms with van der Waals surface area (Å²) in [6.45, 7) is 3.43. The molecule has 1 aromatic heterocycles. The number of amides is 1. The number of ether oxygens (including phenoxy) is 1. The normalized spacial score (nSPS) is 11.9. The molecule has 0 aliphatic heterocycles. The molecule has 1 atom stereocenters. The van der Waals surface area contributed by atoms with Crippen molar-refractivity contribution < 1.29 is 14.1 Å². The van der Waals surface area contributed by atoms with Gasteiger partial charge in [-0.1, -0.05) is 21.1 Å². The Bertz CT molecular complexity index is 566. The summed E-state index contributed by atoms with van der Waals surface area (Å²) in [5, 5.41) is 6.30. The van der Waals surface area contributed by atoms with Gasteiger partial charge in [0.25, 0.3) is 5.91 Å². The van der Waals surface area contributed by atoms with Gasteiger partial charge >= 0.3 is 0 Å². The summed E-state index contributed by atoms with van der Waals surface area (Å²) < 4.78 is 11.3. The van der Waals surface area contributed by atoms with Crippen LogP contribution in [-0.2, 0) is 4.79 Å². The molecule has 1 unspecified atom stereocenters. The van der Waals surface area contributed by atoms with Crippen molar-refractivity contribution >= 4 is 27.7 Å². The van der Waals surface area contributed by atoms with Crippen molar-refractivity contribution in [1.29, 1.82) is 0 Å². The number of hydrogen-bond acceptors (Lipinski definition) is 4. The fourth-order valence-electron chi connectivity index (χ4n) is 1.42. The van der Waals surface area contributed by atoms with Crippen LogP contribution < -0.4 is 10.1 Å². The first-order valence-electron chi connectivity index (χ1n) is 5.71. The van der Waals surface area contributed by atoms with Gasteiger partial charge in [-0.15, -0.1) is 0 Å². The molecule has 0 radical (unpaired) electrons. The van der Waals surface area contributed by atoms with Gasteiger partial charge in [0.15, 0.2) is 11.9 Å². The Morgan fingerprint density at radius 1 is 1.42 bits per heavy atom. The van der Waals surface area contributed by atoms with Crippen molar-refractivity contribution in [2.24, 2.45) is 0 Å². The van der Waals surface area contributed by atoms with Crippen molar-refractivity contribution in [3.05, 3.63) is 40.6 Å². The Balaban J connectivity index is 1.94. The molecule has 1 N–H and O–H groups in total. The first-order valence-corrected chi connectivity index (χ1v) is 6.50. The summed E-state index contributed by atoms with van der Waals surface area (Å²) in [5.74, 6) is 1.36. The lowest BCUT2D eigenvalue weighted by Gasteiger charge is -2.13. The molecule has 1 amide bonds. The molecule has 6 heteroatoms. The Morgan fingerprint density at radius 3 is 2.68 bits per heavy atom. The number of aryl methyl sites for hydroxylation is 1. The Morgan fingerprint density at radius 2 is 2.11 bits per heavy atom. The molecule has 1 aromatic carbocycles. The number of benzene rings is 1. The summed E-state index contributed by atoms with van der Waals surface area (Å²) in [5.41, 5.74) is 0. The minimum Gasteiger partial charge on any atom is -0.481 e. The molecule has 0 saturated heterocycles. The fourth-order valence-corrected chi connectivity index (χ4v) is 1.69. The SMILES string of the molecule is Cc1cc(NC(=O)C(C)Oc2ccc(Br)cc2)no1. The zero-order valence-electron chi connectivity index (χ0n) is 10.5. The zero-order chi connectivity index (χ0) is 13.8. The van der Waals surface area contributed by atoms with E-state index in [1.807, 2.05) is 12.1 Å². The number of nitrogens with one attached hydrogen (secondary N) is 1. The Labute approximate surface area is 119 Å². The lowest BCUT2D eigenvalue weighted by atomic mass is 10.3.